The van der Waals surface area contributed by atoms with Crippen molar-refractivity contribution in [3.8, 4) is 5.75 Å². The molecule has 0 atom stereocenters. The molecule has 0 aliphatic rings. The molecule has 16 heavy (non-hydrogen) atoms. The van der Waals surface area contributed by atoms with E-state index in [2.05, 4.69) is 0 Å². The van der Waals surface area contributed by atoms with Crippen molar-refractivity contribution < 1.29 is 19.0 Å². The topological polar surface area (TPSA) is 46.5 Å². The van der Waals surface area contributed by atoms with Crippen molar-refractivity contribution >= 4 is 29.2 Å². The van der Waals surface area contributed by atoms with Gasteiger partial charge in [-0.25, -0.2) is 9.18 Å². The lowest BCUT2D eigenvalue weighted by molar-refractivity contribution is 0.0692. The molecule has 0 spiro atoms. The molecular formula is C10H7Cl2FO3. The number of carboxylic acid groups (broad SMARTS) is 1. The van der Waals surface area contributed by atoms with Crippen LogP contribution in [0.25, 0.3) is 0 Å². The van der Waals surface area contributed by atoms with Gasteiger partial charge in [-0.05, 0) is 18.2 Å². The van der Waals surface area contributed by atoms with E-state index in [4.69, 9.17) is 33.0 Å². The highest BCUT2D eigenvalue weighted by Crippen LogP contribution is 2.20. The van der Waals surface area contributed by atoms with E-state index >= 15 is 0 Å². The first kappa shape index (κ1) is 12.8. The van der Waals surface area contributed by atoms with Gasteiger partial charge in [0.15, 0.2) is 0 Å². The molecule has 0 fully saturated rings. The fourth-order valence-electron chi connectivity index (χ4n) is 0.973. The summed E-state index contributed by atoms with van der Waals surface area (Å²) in [6, 6.07) is 3.19. The molecule has 0 radical (unpaired) electrons. The van der Waals surface area contributed by atoms with Gasteiger partial charge < -0.3 is 9.84 Å². The van der Waals surface area contributed by atoms with Crippen LogP contribution in [0.5, 0.6) is 5.75 Å². The van der Waals surface area contributed by atoms with Crippen LogP contribution in [-0.4, -0.2) is 17.7 Å². The SMILES string of the molecule is O=C(O)c1cc(F)ccc1OC/C(Cl)=C/Cl. The van der Waals surface area contributed by atoms with Crippen LogP contribution in [0.4, 0.5) is 4.39 Å². The van der Waals surface area contributed by atoms with E-state index in [1.54, 1.807) is 0 Å². The first-order valence-electron chi connectivity index (χ1n) is 4.15. The first-order valence-corrected chi connectivity index (χ1v) is 4.96. The summed E-state index contributed by atoms with van der Waals surface area (Å²) >= 11 is 10.9. The lowest BCUT2D eigenvalue weighted by Crippen LogP contribution is -2.05. The number of carbonyl (C=O) groups is 1. The van der Waals surface area contributed by atoms with Gasteiger partial charge in [0.25, 0.3) is 0 Å². The zero-order valence-electron chi connectivity index (χ0n) is 7.91. The quantitative estimate of drug-likeness (QED) is 0.909. The zero-order chi connectivity index (χ0) is 12.1. The third-order valence-electron chi connectivity index (χ3n) is 1.66. The standard InChI is InChI=1S/C10H7Cl2FO3/c11-4-6(12)5-16-9-2-1-7(13)3-8(9)10(14)15/h1-4H,5H2,(H,14,15)/b6-4-. The Morgan fingerprint density at radius 1 is 1.56 bits per heavy atom. The summed E-state index contributed by atoms with van der Waals surface area (Å²) in [6.07, 6.45) is 0. The van der Waals surface area contributed by atoms with Gasteiger partial charge in [-0.15, -0.1) is 0 Å². The molecule has 1 aromatic rings. The number of carboxylic acids is 1. The van der Waals surface area contributed by atoms with Gasteiger partial charge >= 0.3 is 5.97 Å². The average molecular weight is 265 g/mol. The number of rotatable bonds is 4. The normalized spacial score (nSPS) is 11.3. The lowest BCUT2D eigenvalue weighted by Gasteiger charge is -2.08. The van der Waals surface area contributed by atoms with E-state index in [0.717, 1.165) is 17.7 Å². The second-order valence-corrected chi connectivity index (χ2v) is 3.49. The van der Waals surface area contributed by atoms with Crippen LogP contribution in [0.15, 0.2) is 28.8 Å². The predicted octanol–water partition coefficient (Wildman–Crippen LogP) is 3.22. The van der Waals surface area contributed by atoms with Crippen LogP contribution < -0.4 is 4.74 Å². The summed E-state index contributed by atoms with van der Waals surface area (Å²) in [5.41, 5.74) is 0.838. The number of halogens is 3. The van der Waals surface area contributed by atoms with Crippen molar-refractivity contribution in [2.24, 2.45) is 0 Å². The van der Waals surface area contributed by atoms with Crippen LogP contribution in [0.3, 0.4) is 0 Å². The van der Waals surface area contributed by atoms with Crippen LogP contribution in [0.1, 0.15) is 10.4 Å². The molecule has 0 aliphatic heterocycles. The second kappa shape index (κ2) is 5.72. The lowest BCUT2D eigenvalue weighted by atomic mass is 10.2. The Balaban J connectivity index is 2.91. The largest absolute Gasteiger partial charge is 0.487 e. The number of hydrogen-bond acceptors (Lipinski definition) is 2. The smallest absolute Gasteiger partial charge is 0.339 e. The average Bonchev–Trinajstić information content (AvgIpc) is 2.26. The molecule has 0 aliphatic carbocycles. The van der Waals surface area contributed by atoms with E-state index in [1.807, 2.05) is 0 Å². The monoisotopic (exact) mass is 264 g/mol. The first-order chi connectivity index (χ1) is 7.54. The molecule has 86 valence electrons. The number of hydrogen-bond donors (Lipinski definition) is 1. The molecule has 0 saturated carbocycles. The van der Waals surface area contributed by atoms with Gasteiger partial charge in [0, 0.05) is 5.54 Å². The zero-order valence-corrected chi connectivity index (χ0v) is 9.43. The predicted molar refractivity (Wildman–Crippen MR) is 58.6 cm³/mol. The molecule has 1 aromatic carbocycles. The summed E-state index contributed by atoms with van der Waals surface area (Å²) in [5, 5.41) is 9.00. The summed E-state index contributed by atoms with van der Waals surface area (Å²) in [6.45, 7) is -0.0725. The summed E-state index contributed by atoms with van der Waals surface area (Å²) in [4.78, 5) is 10.8. The maximum atomic E-state index is 12.8. The van der Waals surface area contributed by atoms with Gasteiger partial charge in [-0.3, -0.25) is 0 Å². The summed E-state index contributed by atoms with van der Waals surface area (Å²) in [7, 11) is 0. The highest BCUT2D eigenvalue weighted by atomic mass is 35.5. The van der Waals surface area contributed by atoms with Crippen molar-refractivity contribution in [3.63, 3.8) is 0 Å². The molecular weight excluding hydrogens is 258 g/mol. The Hall–Kier alpha value is -1.26. The molecule has 1 N–H and O–H groups in total. The fraction of sp³-hybridized carbons (Fsp3) is 0.100. The maximum absolute atomic E-state index is 12.8. The van der Waals surface area contributed by atoms with E-state index in [0.29, 0.717) is 0 Å². The van der Waals surface area contributed by atoms with Crippen molar-refractivity contribution in [1.82, 2.24) is 0 Å². The minimum atomic E-state index is -1.28. The molecule has 0 bridgehead atoms. The summed E-state index contributed by atoms with van der Waals surface area (Å²) < 4.78 is 17.9. The Morgan fingerprint density at radius 3 is 2.81 bits per heavy atom. The van der Waals surface area contributed by atoms with E-state index in [1.165, 1.54) is 6.07 Å². The van der Waals surface area contributed by atoms with Gasteiger partial charge in [-0.1, -0.05) is 23.2 Å². The molecule has 0 amide bonds. The Labute approximate surface area is 101 Å². The molecule has 1 rings (SSSR count). The van der Waals surface area contributed by atoms with E-state index < -0.39 is 11.8 Å². The van der Waals surface area contributed by atoms with E-state index in [-0.39, 0.29) is 23.0 Å². The number of ether oxygens (including phenoxy) is 1. The Morgan fingerprint density at radius 2 is 2.25 bits per heavy atom. The van der Waals surface area contributed by atoms with Gasteiger partial charge in [0.1, 0.15) is 23.7 Å². The second-order valence-electron chi connectivity index (χ2n) is 2.79. The molecule has 3 nitrogen and oxygen atoms in total. The third kappa shape index (κ3) is 3.40. The number of aromatic carboxylic acids is 1. The fourth-order valence-corrected chi connectivity index (χ4v) is 1.09. The van der Waals surface area contributed by atoms with Crippen LogP contribution in [-0.2, 0) is 0 Å². The molecule has 6 heteroatoms. The Bertz CT molecular complexity index is 432. The molecule has 0 unspecified atom stereocenters. The highest BCUT2D eigenvalue weighted by molar-refractivity contribution is 6.36. The highest BCUT2D eigenvalue weighted by Gasteiger charge is 2.12. The van der Waals surface area contributed by atoms with Crippen molar-refractivity contribution in [2.45, 2.75) is 0 Å². The molecule has 0 saturated heterocycles. The third-order valence-corrected chi connectivity index (χ3v) is 2.25. The number of benzene rings is 1. The van der Waals surface area contributed by atoms with Crippen molar-refractivity contribution in [1.29, 1.82) is 0 Å². The van der Waals surface area contributed by atoms with Crippen molar-refractivity contribution in [2.75, 3.05) is 6.61 Å². The minimum absolute atomic E-state index is 0.0329. The van der Waals surface area contributed by atoms with E-state index in [9.17, 15) is 9.18 Å². The van der Waals surface area contributed by atoms with Gasteiger partial charge in [0.2, 0.25) is 0 Å². The summed E-state index contributed by atoms with van der Waals surface area (Å²) in [5.74, 6) is -1.89. The van der Waals surface area contributed by atoms with Crippen LogP contribution in [0, 0.1) is 5.82 Å². The van der Waals surface area contributed by atoms with Crippen LogP contribution >= 0.6 is 23.2 Å². The minimum Gasteiger partial charge on any atom is -0.487 e. The van der Waals surface area contributed by atoms with Crippen LogP contribution in [0.2, 0.25) is 0 Å². The Kier molecular flexibility index (Phi) is 4.58. The molecule has 0 aromatic heterocycles. The van der Waals surface area contributed by atoms with Gasteiger partial charge in [0.05, 0.1) is 5.03 Å². The van der Waals surface area contributed by atoms with Crippen molar-refractivity contribution in [3.05, 3.63) is 40.1 Å². The maximum Gasteiger partial charge on any atom is 0.339 e. The van der Waals surface area contributed by atoms with Gasteiger partial charge in [-0.2, -0.15) is 0 Å². The molecule has 0 heterocycles.